The lowest BCUT2D eigenvalue weighted by Gasteiger charge is -2.18. The van der Waals surface area contributed by atoms with Crippen molar-refractivity contribution in [3.05, 3.63) is 122 Å². The van der Waals surface area contributed by atoms with Gasteiger partial charge in [-0.1, -0.05) is 219 Å². The van der Waals surface area contributed by atoms with Crippen molar-refractivity contribution < 1.29 is 23.8 Å². The Bertz CT molecular complexity index is 1390. The first-order valence-corrected chi connectivity index (χ1v) is 28.1. The molecular formula is C63H104O5. The summed E-state index contributed by atoms with van der Waals surface area (Å²) < 4.78 is 17.4. The van der Waals surface area contributed by atoms with Crippen LogP contribution >= 0.6 is 0 Å². The highest BCUT2D eigenvalue weighted by Gasteiger charge is 2.17. The van der Waals surface area contributed by atoms with E-state index in [0.29, 0.717) is 19.4 Å². The quantitative estimate of drug-likeness (QED) is 0.0345. The Morgan fingerprint density at radius 1 is 0.338 bits per heavy atom. The predicted molar refractivity (Wildman–Crippen MR) is 297 cm³/mol. The standard InChI is InChI=1S/C63H104O5/c1-4-7-10-13-16-19-22-25-28-30-32-33-36-38-41-44-47-50-53-56-62(64)67-60-61(68-63(65)57-54-51-48-45-42-39-35-27-24-21-18-15-12-9-6-3)59-66-58-55-52-49-46-43-40-37-34-31-29-26-23-20-17-14-11-8-5-2/h7-8,10-11,16-21,25-29,32-35,37,61H,4-6,9,12-15,22-24,30-31,36,38-60H2,1-3H3/b10-7-,11-8-,19-16-,20-17-,21-18-,28-25-,29-26-,33-32-,35-27-,37-34-. The van der Waals surface area contributed by atoms with E-state index in [4.69, 9.17) is 14.2 Å². The van der Waals surface area contributed by atoms with Crippen molar-refractivity contribution in [2.45, 2.75) is 245 Å². The molecule has 0 aliphatic heterocycles. The lowest BCUT2D eigenvalue weighted by Crippen LogP contribution is -2.30. The monoisotopic (exact) mass is 941 g/mol. The van der Waals surface area contributed by atoms with Gasteiger partial charge in [-0.25, -0.2) is 0 Å². The Kier molecular flexibility index (Phi) is 54.5. The Morgan fingerprint density at radius 3 is 1.06 bits per heavy atom. The van der Waals surface area contributed by atoms with Gasteiger partial charge in [0, 0.05) is 19.4 Å². The first-order chi connectivity index (χ1) is 33.6. The number of hydrogen-bond donors (Lipinski definition) is 0. The van der Waals surface area contributed by atoms with E-state index in [1.54, 1.807) is 0 Å². The van der Waals surface area contributed by atoms with E-state index >= 15 is 0 Å². The van der Waals surface area contributed by atoms with E-state index < -0.39 is 6.10 Å². The summed E-state index contributed by atoms with van der Waals surface area (Å²) in [5, 5.41) is 0. The molecule has 0 saturated heterocycles. The number of carbonyl (C=O) groups excluding carboxylic acids is 2. The predicted octanol–water partition coefficient (Wildman–Crippen LogP) is 19.3. The van der Waals surface area contributed by atoms with E-state index in [0.717, 1.165) is 128 Å². The number of unbranched alkanes of at least 4 members (excludes halogenated alkanes) is 19. The molecule has 0 aromatic rings. The van der Waals surface area contributed by atoms with Crippen LogP contribution in [0.3, 0.4) is 0 Å². The van der Waals surface area contributed by atoms with Gasteiger partial charge >= 0.3 is 11.9 Å². The van der Waals surface area contributed by atoms with Crippen LogP contribution in [0.2, 0.25) is 0 Å². The molecule has 386 valence electrons. The van der Waals surface area contributed by atoms with Crippen LogP contribution in [-0.2, 0) is 23.8 Å². The van der Waals surface area contributed by atoms with Crippen molar-refractivity contribution in [2.75, 3.05) is 19.8 Å². The summed E-state index contributed by atoms with van der Waals surface area (Å²) >= 11 is 0. The molecule has 0 bridgehead atoms. The fourth-order valence-corrected chi connectivity index (χ4v) is 7.34. The van der Waals surface area contributed by atoms with Crippen molar-refractivity contribution in [1.29, 1.82) is 0 Å². The molecule has 5 nitrogen and oxygen atoms in total. The van der Waals surface area contributed by atoms with E-state index in [9.17, 15) is 9.59 Å². The van der Waals surface area contributed by atoms with E-state index in [1.165, 1.54) is 77.0 Å². The minimum Gasteiger partial charge on any atom is -0.462 e. The molecule has 0 amide bonds. The zero-order chi connectivity index (χ0) is 49.2. The van der Waals surface area contributed by atoms with Gasteiger partial charge in [-0.15, -0.1) is 0 Å². The highest BCUT2D eigenvalue weighted by atomic mass is 16.6. The molecule has 0 aliphatic rings. The Labute approximate surface area is 420 Å². The number of allylic oxidation sites excluding steroid dienone is 20. The molecule has 68 heavy (non-hydrogen) atoms. The normalized spacial score (nSPS) is 13.2. The number of ether oxygens (including phenoxy) is 3. The molecule has 1 atom stereocenters. The SMILES string of the molecule is CC/C=C\C/C=C\C/C=C\C/C=C\CCCCCCCCC(=O)OCC(COCCCCCCC/C=C\C/C=C\C/C=C\C/C=C\CC)OC(=O)CCCCCCC/C=C\C/C=C\CCCCC. The van der Waals surface area contributed by atoms with Crippen molar-refractivity contribution in [3.8, 4) is 0 Å². The summed E-state index contributed by atoms with van der Waals surface area (Å²) in [6, 6.07) is 0. The van der Waals surface area contributed by atoms with Crippen LogP contribution in [0.15, 0.2) is 122 Å². The van der Waals surface area contributed by atoms with Crippen LogP contribution in [-0.4, -0.2) is 37.9 Å². The largest absolute Gasteiger partial charge is 0.462 e. The van der Waals surface area contributed by atoms with E-state index in [2.05, 4.69) is 142 Å². The summed E-state index contributed by atoms with van der Waals surface area (Å²) in [5.74, 6) is -0.444. The second kappa shape index (κ2) is 57.6. The van der Waals surface area contributed by atoms with Crippen molar-refractivity contribution in [3.63, 3.8) is 0 Å². The molecule has 1 unspecified atom stereocenters. The van der Waals surface area contributed by atoms with Crippen LogP contribution < -0.4 is 0 Å². The zero-order valence-corrected chi connectivity index (χ0v) is 44.3. The highest BCUT2D eigenvalue weighted by molar-refractivity contribution is 5.70. The van der Waals surface area contributed by atoms with Gasteiger partial charge in [0.1, 0.15) is 6.61 Å². The average molecular weight is 942 g/mol. The first-order valence-electron chi connectivity index (χ1n) is 28.1. The highest BCUT2D eigenvalue weighted by Crippen LogP contribution is 2.13. The van der Waals surface area contributed by atoms with Gasteiger partial charge in [0.05, 0.1) is 6.61 Å². The maximum Gasteiger partial charge on any atom is 0.306 e. The summed E-state index contributed by atoms with van der Waals surface area (Å²) in [7, 11) is 0. The first kappa shape index (κ1) is 64.3. The van der Waals surface area contributed by atoms with Gasteiger partial charge in [-0.05, 0) is 128 Å². The van der Waals surface area contributed by atoms with Crippen LogP contribution in [0.4, 0.5) is 0 Å². The minimum atomic E-state index is -0.569. The fraction of sp³-hybridized carbons (Fsp3) is 0.651. The summed E-state index contributed by atoms with van der Waals surface area (Å²) in [4.78, 5) is 25.5. The molecule has 0 aromatic carbocycles. The van der Waals surface area contributed by atoms with E-state index in [-0.39, 0.29) is 25.2 Å². The molecule has 0 spiro atoms. The third-order valence-electron chi connectivity index (χ3n) is 11.5. The summed E-state index contributed by atoms with van der Waals surface area (Å²) in [5.41, 5.74) is 0. The lowest BCUT2D eigenvalue weighted by atomic mass is 10.1. The smallest absolute Gasteiger partial charge is 0.306 e. The van der Waals surface area contributed by atoms with Gasteiger partial charge < -0.3 is 14.2 Å². The number of rotatable bonds is 50. The lowest BCUT2D eigenvalue weighted by molar-refractivity contribution is -0.163. The zero-order valence-electron chi connectivity index (χ0n) is 44.3. The van der Waals surface area contributed by atoms with Gasteiger partial charge in [-0.2, -0.15) is 0 Å². The van der Waals surface area contributed by atoms with Gasteiger partial charge in [-0.3, -0.25) is 9.59 Å². The fourth-order valence-electron chi connectivity index (χ4n) is 7.34. The Balaban J connectivity index is 4.38. The minimum absolute atomic E-state index is 0.0569. The molecule has 0 saturated carbocycles. The number of esters is 2. The molecule has 0 fully saturated rings. The third kappa shape index (κ3) is 54.9. The van der Waals surface area contributed by atoms with Crippen LogP contribution in [0.1, 0.15) is 239 Å². The van der Waals surface area contributed by atoms with Crippen molar-refractivity contribution >= 4 is 11.9 Å². The summed E-state index contributed by atoms with van der Waals surface area (Å²) in [6.07, 6.45) is 80.7. The second-order valence-electron chi connectivity index (χ2n) is 18.1. The maximum absolute atomic E-state index is 12.8. The Hall–Kier alpha value is -3.70. The van der Waals surface area contributed by atoms with Crippen molar-refractivity contribution in [2.24, 2.45) is 0 Å². The van der Waals surface area contributed by atoms with Crippen LogP contribution in [0, 0.1) is 0 Å². The van der Waals surface area contributed by atoms with Gasteiger partial charge in [0.2, 0.25) is 0 Å². The molecule has 0 rings (SSSR count). The Morgan fingerprint density at radius 2 is 0.662 bits per heavy atom. The maximum atomic E-state index is 12.8. The van der Waals surface area contributed by atoms with Crippen LogP contribution in [0.5, 0.6) is 0 Å². The average Bonchev–Trinajstić information content (AvgIpc) is 3.34. The molecular weight excluding hydrogens is 837 g/mol. The molecule has 5 heteroatoms. The molecule has 0 radical (unpaired) electrons. The van der Waals surface area contributed by atoms with Gasteiger partial charge in [0.15, 0.2) is 6.10 Å². The molecule has 0 N–H and O–H groups in total. The number of carbonyl (C=O) groups is 2. The van der Waals surface area contributed by atoms with Gasteiger partial charge in [0.25, 0.3) is 0 Å². The molecule has 0 aliphatic carbocycles. The van der Waals surface area contributed by atoms with Crippen LogP contribution in [0.25, 0.3) is 0 Å². The van der Waals surface area contributed by atoms with Crippen molar-refractivity contribution in [1.82, 2.24) is 0 Å². The summed E-state index contributed by atoms with van der Waals surface area (Å²) in [6.45, 7) is 7.50. The second-order valence-corrected chi connectivity index (χ2v) is 18.1. The third-order valence-corrected chi connectivity index (χ3v) is 11.5. The molecule has 0 aromatic heterocycles. The molecule has 0 heterocycles. The number of hydrogen-bond acceptors (Lipinski definition) is 5. The topological polar surface area (TPSA) is 61.8 Å². The van der Waals surface area contributed by atoms with E-state index in [1.807, 2.05) is 0 Å².